The van der Waals surface area contributed by atoms with Crippen LogP contribution in [0.1, 0.15) is 26.0 Å². The Morgan fingerprint density at radius 3 is 2.48 bits per heavy atom. The summed E-state index contributed by atoms with van der Waals surface area (Å²) in [4.78, 5) is 13.7. The Balaban J connectivity index is 1.78. The topological polar surface area (TPSA) is 97.4 Å². The van der Waals surface area contributed by atoms with Crippen molar-refractivity contribution in [2.75, 3.05) is 5.75 Å². The van der Waals surface area contributed by atoms with Crippen LogP contribution in [0.15, 0.2) is 75.8 Å². The summed E-state index contributed by atoms with van der Waals surface area (Å²) in [6.45, 7) is 0.281. The Bertz CT molecular complexity index is 1260. The fraction of sp³-hybridized carbons (Fsp3) is 0.150. The first-order chi connectivity index (χ1) is 13.8. The minimum Gasteiger partial charge on any atom is -0.347 e. The Kier molecular flexibility index (Phi) is 5.05. The van der Waals surface area contributed by atoms with Gasteiger partial charge >= 0.3 is 0 Å². The molecule has 2 heterocycles. The van der Waals surface area contributed by atoms with Crippen molar-refractivity contribution in [1.29, 1.82) is 0 Å². The smallest absolute Gasteiger partial charge is 0.251 e. The van der Waals surface area contributed by atoms with Gasteiger partial charge in [-0.3, -0.25) is 4.79 Å². The third-order valence-electron chi connectivity index (χ3n) is 4.79. The van der Waals surface area contributed by atoms with Gasteiger partial charge in [-0.25, -0.2) is 16.8 Å². The monoisotopic (exact) mass is 447 g/mol. The summed E-state index contributed by atoms with van der Waals surface area (Å²) in [5.41, 5.74) is 0.129. The maximum Gasteiger partial charge on any atom is 0.251 e. The zero-order valence-electron chi connectivity index (χ0n) is 15.1. The Labute approximate surface area is 173 Å². The molecule has 1 unspecified atom stereocenters. The molecule has 2 aromatic carbocycles. The molecule has 1 atom stereocenters. The van der Waals surface area contributed by atoms with Crippen LogP contribution in [-0.2, 0) is 26.2 Å². The number of hydrogen-bond acceptors (Lipinski definition) is 6. The number of rotatable bonds is 5. The van der Waals surface area contributed by atoms with Crippen LogP contribution in [-0.4, -0.2) is 28.5 Å². The van der Waals surface area contributed by atoms with E-state index >= 15 is 0 Å². The maximum atomic E-state index is 13.2. The van der Waals surface area contributed by atoms with E-state index in [1.807, 2.05) is 17.5 Å². The van der Waals surface area contributed by atoms with Gasteiger partial charge in [0.05, 0.1) is 22.1 Å². The molecule has 1 aliphatic heterocycles. The summed E-state index contributed by atoms with van der Waals surface area (Å²) in [6.07, 6.45) is 0. The molecule has 0 aliphatic carbocycles. The molecule has 4 rings (SSSR count). The van der Waals surface area contributed by atoms with Gasteiger partial charge in [0, 0.05) is 16.0 Å². The van der Waals surface area contributed by atoms with Gasteiger partial charge in [-0.1, -0.05) is 30.3 Å². The molecule has 6 nitrogen and oxygen atoms in total. The summed E-state index contributed by atoms with van der Waals surface area (Å²) in [6, 6.07) is 15.7. The Morgan fingerprint density at radius 2 is 1.79 bits per heavy atom. The van der Waals surface area contributed by atoms with Gasteiger partial charge < -0.3 is 5.32 Å². The highest BCUT2D eigenvalue weighted by Crippen LogP contribution is 2.42. The van der Waals surface area contributed by atoms with Gasteiger partial charge in [-0.05, 0) is 35.7 Å². The zero-order chi connectivity index (χ0) is 20.6. The van der Waals surface area contributed by atoms with Gasteiger partial charge in [-0.2, -0.15) is 0 Å². The summed E-state index contributed by atoms with van der Waals surface area (Å²) < 4.78 is 51.8. The molecule has 3 aromatic rings. The molecule has 0 saturated carbocycles. The summed E-state index contributed by atoms with van der Waals surface area (Å²) in [7, 11) is -7.81. The van der Waals surface area contributed by atoms with E-state index < -0.39 is 36.6 Å². The lowest BCUT2D eigenvalue weighted by molar-refractivity contribution is 0.0950. The second kappa shape index (κ2) is 7.40. The number of carbonyl (C=O) groups is 1. The molecule has 0 spiro atoms. The minimum atomic E-state index is -3.99. The van der Waals surface area contributed by atoms with E-state index in [-0.39, 0.29) is 27.5 Å². The molecular formula is C20H17NO5S3. The van der Waals surface area contributed by atoms with Crippen molar-refractivity contribution in [3.63, 3.8) is 0 Å². The predicted molar refractivity (Wildman–Crippen MR) is 110 cm³/mol. The second-order valence-corrected chi connectivity index (χ2v) is 11.8. The molecule has 0 fully saturated rings. The number of thiophene rings is 1. The van der Waals surface area contributed by atoms with Gasteiger partial charge in [-0.15, -0.1) is 11.3 Å². The average Bonchev–Trinajstić information content (AvgIpc) is 3.33. The highest BCUT2D eigenvalue weighted by molar-refractivity contribution is 7.96. The number of hydrogen-bond donors (Lipinski definition) is 1. The van der Waals surface area contributed by atoms with E-state index in [1.165, 1.54) is 41.7 Å². The molecule has 1 amide bonds. The standard InChI is InChI=1S/C20H17NO5S3/c22-20(21-12-14-6-5-11-27-14)16-9-4-10-17-19(16)18(13-28(17,23)24)29(25,26)15-7-2-1-3-8-15/h1-11,18H,12-13H2,(H,21,22). The number of nitrogens with one attached hydrogen (secondary N) is 1. The predicted octanol–water partition coefficient (Wildman–Crippen LogP) is 2.98. The van der Waals surface area contributed by atoms with Crippen LogP contribution in [0, 0.1) is 0 Å². The lowest BCUT2D eigenvalue weighted by Crippen LogP contribution is -2.25. The number of fused-ring (bicyclic) bond motifs is 1. The maximum absolute atomic E-state index is 13.2. The largest absolute Gasteiger partial charge is 0.347 e. The fourth-order valence-electron chi connectivity index (χ4n) is 3.41. The first kappa shape index (κ1) is 19.8. The normalized spacial score (nSPS) is 17.6. The molecule has 9 heteroatoms. The third-order valence-corrected chi connectivity index (χ3v) is 9.75. The molecule has 29 heavy (non-hydrogen) atoms. The SMILES string of the molecule is O=C(NCc1cccs1)c1cccc2c1C(S(=O)(=O)c1ccccc1)CS2(=O)=O. The number of sulfone groups is 2. The average molecular weight is 448 g/mol. The van der Waals surface area contributed by atoms with Crippen molar-refractivity contribution >= 4 is 36.9 Å². The summed E-state index contributed by atoms with van der Waals surface area (Å²) in [5, 5.41) is 3.31. The second-order valence-electron chi connectivity index (χ2n) is 6.61. The zero-order valence-corrected chi connectivity index (χ0v) is 17.6. The van der Waals surface area contributed by atoms with Crippen molar-refractivity contribution < 1.29 is 21.6 Å². The van der Waals surface area contributed by atoms with Crippen LogP contribution in [0.25, 0.3) is 0 Å². The van der Waals surface area contributed by atoms with E-state index in [9.17, 15) is 21.6 Å². The number of benzene rings is 2. The van der Waals surface area contributed by atoms with Crippen molar-refractivity contribution in [3.8, 4) is 0 Å². The van der Waals surface area contributed by atoms with Gasteiger partial charge in [0.15, 0.2) is 19.7 Å². The molecule has 0 bridgehead atoms. The van der Waals surface area contributed by atoms with Crippen molar-refractivity contribution in [2.24, 2.45) is 0 Å². The van der Waals surface area contributed by atoms with Crippen LogP contribution in [0.3, 0.4) is 0 Å². The van der Waals surface area contributed by atoms with Crippen LogP contribution in [0.5, 0.6) is 0 Å². The molecule has 1 N–H and O–H groups in total. The molecule has 150 valence electrons. The van der Waals surface area contributed by atoms with Gasteiger partial charge in [0.2, 0.25) is 0 Å². The van der Waals surface area contributed by atoms with E-state index in [0.717, 1.165) is 4.88 Å². The summed E-state index contributed by atoms with van der Waals surface area (Å²) in [5.74, 6) is -1.07. The van der Waals surface area contributed by atoms with E-state index in [2.05, 4.69) is 5.32 Å². The van der Waals surface area contributed by atoms with Gasteiger partial charge in [0.25, 0.3) is 5.91 Å². The van der Waals surface area contributed by atoms with Gasteiger partial charge in [0.1, 0.15) is 5.25 Å². The van der Waals surface area contributed by atoms with Crippen molar-refractivity contribution in [1.82, 2.24) is 5.32 Å². The molecular weight excluding hydrogens is 430 g/mol. The van der Waals surface area contributed by atoms with Crippen LogP contribution >= 0.6 is 11.3 Å². The fourth-order valence-corrected chi connectivity index (χ4v) is 8.43. The molecule has 1 aliphatic rings. The van der Waals surface area contributed by atoms with E-state index in [0.29, 0.717) is 0 Å². The van der Waals surface area contributed by atoms with Crippen LogP contribution < -0.4 is 5.32 Å². The highest BCUT2D eigenvalue weighted by atomic mass is 32.2. The first-order valence-electron chi connectivity index (χ1n) is 8.76. The third kappa shape index (κ3) is 3.61. The molecule has 0 saturated heterocycles. The minimum absolute atomic E-state index is 0.0295. The Hall–Kier alpha value is -2.49. The highest BCUT2D eigenvalue weighted by Gasteiger charge is 2.45. The lowest BCUT2D eigenvalue weighted by atomic mass is 10.0. The number of carbonyl (C=O) groups excluding carboxylic acids is 1. The quantitative estimate of drug-likeness (QED) is 0.649. The van der Waals surface area contributed by atoms with Crippen molar-refractivity contribution in [2.45, 2.75) is 21.6 Å². The van der Waals surface area contributed by atoms with Crippen LogP contribution in [0.2, 0.25) is 0 Å². The lowest BCUT2D eigenvalue weighted by Gasteiger charge is -2.15. The van der Waals surface area contributed by atoms with Crippen LogP contribution in [0.4, 0.5) is 0 Å². The Morgan fingerprint density at radius 1 is 1.03 bits per heavy atom. The van der Waals surface area contributed by atoms with E-state index in [4.69, 9.17) is 0 Å². The molecule has 0 radical (unpaired) electrons. The number of amides is 1. The van der Waals surface area contributed by atoms with Crippen molar-refractivity contribution in [3.05, 3.63) is 82.0 Å². The first-order valence-corrected chi connectivity index (χ1v) is 12.8. The summed E-state index contributed by atoms with van der Waals surface area (Å²) >= 11 is 1.48. The van der Waals surface area contributed by atoms with E-state index in [1.54, 1.807) is 18.2 Å². The molecule has 1 aromatic heterocycles.